The number of phenolic OH excluding ortho intramolecular Hbond substituents is 1. The molecule has 1 fully saturated rings. The van der Waals surface area contributed by atoms with Gasteiger partial charge >= 0.3 is 0 Å². The van der Waals surface area contributed by atoms with Crippen LogP contribution in [0.4, 0.5) is 5.13 Å². The van der Waals surface area contributed by atoms with Crippen molar-refractivity contribution >= 4 is 34.2 Å². The zero-order chi connectivity index (χ0) is 24.7. The number of hydrogen-bond donors (Lipinski definition) is 3. The molecule has 1 aromatic heterocycles. The molecular formula is C25H34N4O4S. The minimum Gasteiger partial charge on any atom is -0.508 e. The second kappa shape index (κ2) is 11.5. The number of amides is 3. The zero-order valence-corrected chi connectivity index (χ0v) is 20.9. The molecule has 2 aromatic rings. The normalized spacial score (nSPS) is 15.4. The first-order chi connectivity index (χ1) is 16.1. The number of carbonyl (C=O) groups is 3. The number of rotatable bonds is 8. The molecule has 1 aliphatic rings. The van der Waals surface area contributed by atoms with Crippen LogP contribution in [0.3, 0.4) is 0 Å². The van der Waals surface area contributed by atoms with Crippen LogP contribution in [-0.4, -0.2) is 44.3 Å². The molecule has 8 nitrogen and oxygen atoms in total. The fourth-order valence-corrected chi connectivity index (χ4v) is 4.81. The van der Waals surface area contributed by atoms with E-state index in [1.165, 1.54) is 23.5 Å². The summed E-state index contributed by atoms with van der Waals surface area (Å²) in [6.45, 7) is 5.69. The van der Waals surface area contributed by atoms with Crippen molar-refractivity contribution in [3.05, 3.63) is 41.4 Å². The molecule has 34 heavy (non-hydrogen) atoms. The molecule has 3 rings (SSSR count). The molecule has 0 aliphatic heterocycles. The summed E-state index contributed by atoms with van der Waals surface area (Å²) in [5, 5.41) is 17.8. The third kappa shape index (κ3) is 7.28. The summed E-state index contributed by atoms with van der Waals surface area (Å²) in [5.74, 6) is -0.701. The molecule has 184 valence electrons. The van der Waals surface area contributed by atoms with E-state index in [2.05, 4.69) is 15.6 Å². The molecule has 3 amide bonds. The van der Waals surface area contributed by atoms with E-state index >= 15 is 0 Å². The fraction of sp³-hybridized carbons (Fsp3) is 0.520. The van der Waals surface area contributed by atoms with Crippen LogP contribution < -0.4 is 10.6 Å². The molecular weight excluding hydrogens is 452 g/mol. The predicted octanol–water partition coefficient (Wildman–Crippen LogP) is 4.38. The van der Waals surface area contributed by atoms with Crippen molar-refractivity contribution in [2.24, 2.45) is 0 Å². The Morgan fingerprint density at radius 3 is 2.38 bits per heavy atom. The molecule has 0 spiro atoms. The highest BCUT2D eigenvalue weighted by Crippen LogP contribution is 2.33. The van der Waals surface area contributed by atoms with Gasteiger partial charge in [0, 0.05) is 36.0 Å². The van der Waals surface area contributed by atoms with E-state index in [9.17, 15) is 19.5 Å². The molecule has 1 heterocycles. The minimum absolute atomic E-state index is 0.00478. The van der Waals surface area contributed by atoms with E-state index < -0.39 is 11.6 Å². The van der Waals surface area contributed by atoms with Gasteiger partial charge in [-0.1, -0.05) is 31.4 Å². The van der Waals surface area contributed by atoms with E-state index in [1.54, 1.807) is 28.6 Å². The lowest BCUT2D eigenvalue weighted by Gasteiger charge is -2.40. The highest BCUT2D eigenvalue weighted by Gasteiger charge is 2.37. The Bertz CT molecular complexity index is 964. The largest absolute Gasteiger partial charge is 0.508 e. The Hall–Kier alpha value is -2.94. The fourth-order valence-electron chi connectivity index (χ4n) is 4.27. The van der Waals surface area contributed by atoms with Gasteiger partial charge in [0.05, 0.1) is 0 Å². The van der Waals surface area contributed by atoms with Crippen molar-refractivity contribution in [1.29, 1.82) is 0 Å². The number of nitrogens with zero attached hydrogens (tertiary/aromatic N) is 2. The number of phenols is 1. The average Bonchev–Trinajstić information content (AvgIpc) is 3.29. The monoisotopic (exact) mass is 486 g/mol. The molecule has 1 aromatic carbocycles. The van der Waals surface area contributed by atoms with E-state index in [0.29, 0.717) is 10.7 Å². The van der Waals surface area contributed by atoms with Crippen molar-refractivity contribution in [2.45, 2.75) is 83.3 Å². The van der Waals surface area contributed by atoms with Crippen LogP contribution in [-0.2, 0) is 14.4 Å². The summed E-state index contributed by atoms with van der Waals surface area (Å²) < 4.78 is 0. The van der Waals surface area contributed by atoms with Crippen LogP contribution >= 0.6 is 11.3 Å². The third-order valence-corrected chi connectivity index (χ3v) is 6.42. The Kier molecular flexibility index (Phi) is 8.66. The smallest absolute Gasteiger partial charge is 0.247 e. The molecule has 1 unspecified atom stereocenters. The molecule has 1 atom stereocenters. The summed E-state index contributed by atoms with van der Waals surface area (Å²) in [7, 11) is 0. The zero-order valence-electron chi connectivity index (χ0n) is 20.0. The predicted molar refractivity (Wildman–Crippen MR) is 132 cm³/mol. The van der Waals surface area contributed by atoms with E-state index in [0.717, 1.165) is 32.1 Å². The van der Waals surface area contributed by atoms with Gasteiger partial charge in [-0.3, -0.25) is 14.4 Å². The van der Waals surface area contributed by atoms with Gasteiger partial charge in [-0.2, -0.15) is 0 Å². The molecule has 3 N–H and O–H groups in total. The van der Waals surface area contributed by atoms with Gasteiger partial charge in [0.1, 0.15) is 11.8 Å². The Labute approximate surface area is 204 Å². The summed E-state index contributed by atoms with van der Waals surface area (Å²) >= 11 is 1.32. The first-order valence-corrected chi connectivity index (χ1v) is 12.6. The van der Waals surface area contributed by atoms with Gasteiger partial charge in [-0.15, -0.1) is 11.3 Å². The number of carbonyl (C=O) groups excluding carboxylic acids is 3. The maximum atomic E-state index is 13.6. The van der Waals surface area contributed by atoms with Gasteiger partial charge < -0.3 is 20.6 Å². The lowest BCUT2D eigenvalue weighted by Crippen LogP contribution is -2.52. The van der Waals surface area contributed by atoms with Crippen LogP contribution in [0.5, 0.6) is 5.75 Å². The lowest BCUT2D eigenvalue weighted by atomic mass is 9.90. The summed E-state index contributed by atoms with van der Waals surface area (Å²) in [6.07, 6.45) is 6.31. The van der Waals surface area contributed by atoms with Gasteiger partial charge in [0.25, 0.3) is 0 Å². The van der Waals surface area contributed by atoms with Gasteiger partial charge in [0.2, 0.25) is 17.7 Å². The van der Waals surface area contributed by atoms with E-state index in [1.807, 2.05) is 20.8 Å². The molecule has 1 saturated carbocycles. The van der Waals surface area contributed by atoms with E-state index in [4.69, 9.17) is 0 Å². The Morgan fingerprint density at radius 2 is 1.79 bits per heavy atom. The maximum Gasteiger partial charge on any atom is 0.247 e. The lowest BCUT2D eigenvalue weighted by molar-refractivity contribution is -0.145. The molecule has 0 saturated heterocycles. The SMILES string of the molecule is CC(C)(C)NC(=O)C(c1ccc(O)cc1)N(C(=O)CCC(=O)Nc1nccs1)C1CCCCC1. The second-order valence-corrected chi connectivity index (χ2v) is 10.6. The van der Waals surface area contributed by atoms with Crippen LogP contribution in [0.1, 0.15) is 77.3 Å². The van der Waals surface area contributed by atoms with Gasteiger partial charge in [0.15, 0.2) is 5.13 Å². The van der Waals surface area contributed by atoms with Crippen LogP contribution in [0, 0.1) is 0 Å². The Balaban J connectivity index is 1.87. The number of benzene rings is 1. The number of hydrogen-bond acceptors (Lipinski definition) is 6. The number of thiazole rings is 1. The number of anilines is 1. The molecule has 9 heteroatoms. The molecule has 0 radical (unpaired) electrons. The third-order valence-electron chi connectivity index (χ3n) is 5.73. The highest BCUT2D eigenvalue weighted by molar-refractivity contribution is 7.13. The standard InChI is InChI=1S/C25H34N4O4S/c1-25(2,3)28-23(33)22(17-9-11-19(30)12-10-17)29(18-7-5-4-6-8-18)21(32)14-13-20(31)27-24-26-15-16-34-24/h9-12,15-16,18,22,30H,4-8,13-14H2,1-3H3,(H,28,33)(H,26,27,31). The van der Waals surface area contributed by atoms with Gasteiger partial charge in [-0.05, 0) is 51.3 Å². The summed E-state index contributed by atoms with van der Waals surface area (Å²) in [4.78, 5) is 45.2. The first-order valence-electron chi connectivity index (χ1n) is 11.8. The Morgan fingerprint density at radius 1 is 1.12 bits per heavy atom. The average molecular weight is 487 g/mol. The minimum atomic E-state index is -0.850. The number of aromatic nitrogens is 1. The molecule has 0 bridgehead atoms. The van der Waals surface area contributed by atoms with Crippen molar-refractivity contribution in [3.8, 4) is 5.75 Å². The van der Waals surface area contributed by atoms with Crippen LogP contribution in [0.2, 0.25) is 0 Å². The van der Waals surface area contributed by atoms with Crippen molar-refractivity contribution in [3.63, 3.8) is 0 Å². The summed E-state index contributed by atoms with van der Waals surface area (Å²) in [5.41, 5.74) is 0.145. The highest BCUT2D eigenvalue weighted by atomic mass is 32.1. The topological polar surface area (TPSA) is 112 Å². The van der Waals surface area contributed by atoms with E-state index in [-0.39, 0.29) is 42.4 Å². The summed E-state index contributed by atoms with van der Waals surface area (Å²) in [6, 6.07) is 5.47. The first kappa shape index (κ1) is 25.7. The van der Waals surface area contributed by atoms with Crippen molar-refractivity contribution in [1.82, 2.24) is 15.2 Å². The molecule has 1 aliphatic carbocycles. The number of aromatic hydroxyl groups is 1. The van der Waals surface area contributed by atoms with Crippen molar-refractivity contribution in [2.75, 3.05) is 5.32 Å². The van der Waals surface area contributed by atoms with Crippen LogP contribution in [0.25, 0.3) is 0 Å². The quantitative estimate of drug-likeness (QED) is 0.513. The maximum absolute atomic E-state index is 13.6. The van der Waals surface area contributed by atoms with Crippen molar-refractivity contribution < 1.29 is 19.5 Å². The van der Waals surface area contributed by atoms with Gasteiger partial charge in [-0.25, -0.2) is 4.98 Å². The number of nitrogens with one attached hydrogen (secondary N) is 2. The second-order valence-electron chi connectivity index (χ2n) is 9.71. The van der Waals surface area contributed by atoms with Crippen LogP contribution in [0.15, 0.2) is 35.8 Å².